The summed E-state index contributed by atoms with van der Waals surface area (Å²) >= 11 is 0. The fraction of sp³-hybridized carbons (Fsp3) is 0.459. The second-order valence-electron chi connectivity index (χ2n) is 13.1. The highest BCUT2D eigenvalue weighted by Crippen LogP contribution is 2.14. The highest BCUT2D eigenvalue weighted by molar-refractivity contribution is 5.92. The van der Waals surface area contributed by atoms with E-state index in [9.17, 15) is 19.2 Å². The highest BCUT2D eigenvalue weighted by atomic mass is 16.6. The standard InChI is InChI=1S/C37H52N4O8/c1-36(2,3)48-34(44)39-23-27-41(35(45)49-37(4,5)6)25-9-24-40(33(43)21-15-29-12-18-31(47-8)19-13-29)26-22-38-32(42)20-14-28-10-16-30(46-7)17-11-28/h10-21H,9,22-27H2,1-8H3,(H,38,42)(H,39,44)/b20-14+,21-15+. The zero-order valence-corrected chi connectivity index (χ0v) is 30.0. The van der Waals surface area contributed by atoms with Gasteiger partial charge in [-0.1, -0.05) is 24.3 Å². The molecule has 0 aliphatic carbocycles. The van der Waals surface area contributed by atoms with Gasteiger partial charge in [0.15, 0.2) is 0 Å². The van der Waals surface area contributed by atoms with Crippen molar-refractivity contribution in [1.29, 1.82) is 0 Å². The number of hydrogen-bond donors (Lipinski definition) is 2. The number of amides is 4. The summed E-state index contributed by atoms with van der Waals surface area (Å²) in [6, 6.07) is 14.6. The first-order valence-electron chi connectivity index (χ1n) is 16.2. The first-order chi connectivity index (χ1) is 23.1. The topological polar surface area (TPSA) is 136 Å². The Hall–Kier alpha value is -5.00. The second-order valence-corrected chi connectivity index (χ2v) is 13.1. The van der Waals surface area contributed by atoms with Gasteiger partial charge >= 0.3 is 12.2 Å². The van der Waals surface area contributed by atoms with E-state index in [1.807, 2.05) is 36.4 Å². The van der Waals surface area contributed by atoms with E-state index in [-0.39, 0.29) is 44.5 Å². The van der Waals surface area contributed by atoms with Gasteiger partial charge in [0.05, 0.1) is 14.2 Å². The second kappa shape index (κ2) is 19.7. The number of carbonyl (C=O) groups excluding carboxylic acids is 4. The molecule has 12 heteroatoms. The van der Waals surface area contributed by atoms with E-state index in [4.69, 9.17) is 18.9 Å². The van der Waals surface area contributed by atoms with Crippen molar-refractivity contribution in [1.82, 2.24) is 20.4 Å². The minimum absolute atomic E-state index is 0.150. The van der Waals surface area contributed by atoms with Crippen LogP contribution >= 0.6 is 0 Å². The predicted molar refractivity (Wildman–Crippen MR) is 190 cm³/mol. The lowest BCUT2D eigenvalue weighted by atomic mass is 10.2. The zero-order valence-electron chi connectivity index (χ0n) is 30.0. The first kappa shape index (κ1) is 40.2. The largest absolute Gasteiger partial charge is 0.497 e. The van der Waals surface area contributed by atoms with Crippen LogP contribution in [0.1, 0.15) is 59.1 Å². The molecule has 2 N–H and O–H groups in total. The Bertz CT molecular complexity index is 1410. The number of benzene rings is 2. The lowest BCUT2D eigenvalue weighted by Crippen LogP contribution is -2.44. The third kappa shape index (κ3) is 17.1. The molecule has 0 radical (unpaired) electrons. The molecule has 49 heavy (non-hydrogen) atoms. The van der Waals surface area contributed by atoms with Crippen molar-refractivity contribution in [3.63, 3.8) is 0 Å². The van der Waals surface area contributed by atoms with Crippen molar-refractivity contribution in [2.75, 3.05) is 53.5 Å². The quantitative estimate of drug-likeness (QED) is 0.221. The summed E-state index contributed by atoms with van der Waals surface area (Å²) in [6.07, 6.45) is 5.60. The van der Waals surface area contributed by atoms with Crippen LogP contribution in [-0.2, 0) is 19.1 Å². The van der Waals surface area contributed by atoms with Crippen LogP contribution in [-0.4, -0.2) is 98.5 Å². The Morgan fingerprint density at radius 3 is 1.61 bits per heavy atom. The van der Waals surface area contributed by atoms with Gasteiger partial charge in [-0.15, -0.1) is 0 Å². The number of methoxy groups -OCH3 is 2. The van der Waals surface area contributed by atoms with Gasteiger partial charge in [0, 0.05) is 51.4 Å². The fourth-order valence-corrected chi connectivity index (χ4v) is 4.26. The number of hydrogen-bond acceptors (Lipinski definition) is 8. The molecule has 0 aromatic heterocycles. The third-order valence-corrected chi connectivity index (χ3v) is 6.63. The van der Waals surface area contributed by atoms with E-state index in [0.29, 0.717) is 18.7 Å². The van der Waals surface area contributed by atoms with Crippen molar-refractivity contribution in [3.05, 3.63) is 71.8 Å². The SMILES string of the molecule is COc1ccc(/C=C/C(=O)NCCN(CCCN(CCNC(=O)OC(C)(C)C)C(=O)OC(C)(C)C)C(=O)/C=C/c2ccc(OC)cc2)cc1. The van der Waals surface area contributed by atoms with Gasteiger partial charge < -0.3 is 39.4 Å². The summed E-state index contributed by atoms with van der Waals surface area (Å²) in [5.74, 6) is 0.872. The molecular formula is C37H52N4O8. The average molecular weight is 681 g/mol. The van der Waals surface area contributed by atoms with Gasteiger partial charge in [-0.2, -0.15) is 0 Å². The van der Waals surface area contributed by atoms with Crippen LogP contribution in [0.4, 0.5) is 9.59 Å². The van der Waals surface area contributed by atoms with Gasteiger partial charge in [0.25, 0.3) is 0 Å². The monoisotopic (exact) mass is 680 g/mol. The Morgan fingerprint density at radius 2 is 1.10 bits per heavy atom. The number of carbonyl (C=O) groups is 4. The molecule has 0 unspecified atom stereocenters. The van der Waals surface area contributed by atoms with Crippen LogP contribution < -0.4 is 20.1 Å². The summed E-state index contributed by atoms with van der Waals surface area (Å²) in [4.78, 5) is 54.1. The van der Waals surface area contributed by atoms with E-state index >= 15 is 0 Å². The lowest BCUT2D eigenvalue weighted by Gasteiger charge is -2.29. The Labute approximate surface area is 290 Å². The van der Waals surface area contributed by atoms with E-state index in [0.717, 1.165) is 16.9 Å². The van der Waals surface area contributed by atoms with Gasteiger partial charge in [0.1, 0.15) is 22.7 Å². The Balaban J connectivity index is 2.08. The van der Waals surface area contributed by atoms with Crippen molar-refractivity contribution >= 4 is 36.2 Å². The van der Waals surface area contributed by atoms with Crippen LogP contribution in [0.3, 0.4) is 0 Å². The summed E-state index contributed by atoms with van der Waals surface area (Å²) in [6.45, 7) is 12.0. The van der Waals surface area contributed by atoms with E-state index in [1.165, 1.54) is 17.1 Å². The predicted octanol–water partition coefficient (Wildman–Crippen LogP) is 5.53. The smallest absolute Gasteiger partial charge is 0.410 e. The minimum atomic E-state index is -0.720. The molecule has 0 atom stereocenters. The number of nitrogens with zero attached hydrogens (tertiary/aromatic N) is 2. The number of ether oxygens (including phenoxy) is 4. The van der Waals surface area contributed by atoms with E-state index in [2.05, 4.69) is 10.6 Å². The van der Waals surface area contributed by atoms with Crippen LogP contribution in [0.15, 0.2) is 60.7 Å². The minimum Gasteiger partial charge on any atom is -0.497 e. The average Bonchev–Trinajstić information content (AvgIpc) is 3.03. The van der Waals surface area contributed by atoms with Crippen molar-refractivity contribution in [3.8, 4) is 11.5 Å². The maximum Gasteiger partial charge on any atom is 0.410 e. The molecule has 0 fully saturated rings. The summed E-state index contributed by atoms with van der Waals surface area (Å²) in [5, 5.41) is 5.49. The molecule has 0 aliphatic rings. The van der Waals surface area contributed by atoms with Crippen LogP contribution in [0, 0.1) is 0 Å². The molecule has 0 spiro atoms. The molecule has 12 nitrogen and oxygen atoms in total. The van der Waals surface area contributed by atoms with Gasteiger partial charge in [-0.25, -0.2) is 9.59 Å². The normalized spacial score (nSPS) is 11.6. The van der Waals surface area contributed by atoms with Crippen molar-refractivity contribution < 1.29 is 38.1 Å². The van der Waals surface area contributed by atoms with Crippen LogP contribution in [0.25, 0.3) is 12.2 Å². The van der Waals surface area contributed by atoms with Crippen LogP contribution in [0.2, 0.25) is 0 Å². The molecule has 2 aromatic rings. The van der Waals surface area contributed by atoms with E-state index in [1.54, 1.807) is 84.9 Å². The maximum atomic E-state index is 13.3. The maximum absolute atomic E-state index is 13.3. The van der Waals surface area contributed by atoms with Crippen LogP contribution in [0.5, 0.6) is 11.5 Å². The van der Waals surface area contributed by atoms with Crippen molar-refractivity contribution in [2.45, 2.75) is 59.2 Å². The molecule has 4 amide bonds. The molecule has 2 rings (SSSR count). The van der Waals surface area contributed by atoms with Gasteiger partial charge in [-0.3, -0.25) is 9.59 Å². The Kier molecular flexibility index (Phi) is 16.2. The molecule has 0 aliphatic heterocycles. The molecule has 268 valence electrons. The molecule has 0 saturated carbocycles. The summed E-state index contributed by atoms with van der Waals surface area (Å²) in [5.41, 5.74) is 0.285. The van der Waals surface area contributed by atoms with Crippen molar-refractivity contribution in [2.24, 2.45) is 0 Å². The zero-order chi connectivity index (χ0) is 36.5. The molecule has 2 aromatic carbocycles. The molecule has 0 bridgehead atoms. The summed E-state index contributed by atoms with van der Waals surface area (Å²) < 4.78 is 21.2. The first-order valence-corrected chi connectivity index (χ1v) is 16.2. The number of nitrogens with one attached hydrogen (secondary N) is 2. The fourth-order valence-electron chi connectivity index (χ4n) is 4.26. The third-order valence-electron chi connectivity index (χ3n) is 6.63. The van der Waals surface area contributed by atoms with Gasteiger partial charge in [-0.05, 0) is 95.5 Å². The highest BCUT2D eigenvalue weighted by Gasteiger charge is 2.23. The summed E-state index contributed by atoms with van der Waals surface area (Å²) in [7, 11) is 3.17. The van der Waals surface area contributed by atoms with E-state index < -0.39 is 23.4 Å². The van der Waals surface area contributed by atoms with Gasteiger partial charge in [0.2, 0.25) is 11.8 Å². The Morgan fingerprint density at radius 1 is 0.633 bits per heavy atom. The molecule has 0 saturated heterocycles. The molecule has 0 heterocycles. The number of rotatable bonds is 16. The lowest BCUT2D eigenvalue weighted by molar-refractivity contribution is -0.126. The number of alkyl carbamates (subject to hydrolysis) is 1. The molecular weight excluding hydrogens is 628 g/mol.